The monoisotopic (exact) mass is 551 g/mol. The maximum absolute atomic E-state index is 12.6. The SMILES string of the molecule is CCCC(C)C(=O)Oc1ccc(C[C@H](NCC(C)OC(=O)OC(C)(C)C)C(=O)O)cc1OC(=O)C(C)CCC. The van der Waals surface area contributed by atoms with Gasteiger partial charge < -0.3 is 29.4 Å². The fraction of sp³-hybridized carbons (Fsp3) is 0.655. The second-order valence-corrected chi connectivity index (χ2v) is 10.9. The van der Waals surface area contributed by atoms with E-state index >= 15 is 0 Å². The Morgan fingerprint density at radius 1 is 0.897 bits per heavy atom. The van der Waals surface area contributed by atoms with E-state index in [2.05, 4.69) is 5.32 Å². The van der Waals surface area contributed by atoms with E-state index in [0.717, 1.165) is 12.8 Å². The molecule has 10 nitrogen and oxygen atoms in total. The highest BCUT2D eigenvalue weighted by molar-refractivity contribution is 5.78. The van der Waals surface area contributed by atoms with Gasteiger partial charge in [-0.05, 0) is 64.7 Å². The van der Waals surface area contributed by atoms with Crippen LogP contribution in [0.2, 0.25) is 0 Å². The number of benzene rings is 1. The third-order valence-corrected chi connectivity index (χ3v) is 5.75. The summed E-state index contributed by atoms with van der Waals surface area (Å²) < 4.78 is 21.5. The number of ether oxygens (including phenoxy) is 4. The third kappa shape index (κ3) is 13.0. The number of esters is 2. The number of hydrogen-bond acceptors (Lipinski definition) is 9. The fourth-order valence-electron chi connectivity index (χ4n) is 3.63. The summed E-state index contributed by atoms with van der Waals surface area (Å²) in [5.41, 5.74) is -0.166. The number of carbonyl (C=O) groups excluding carboxylic acids is 3. The van der Waals surface area contributed by atoms with Crippen molar-refractivity contribution < 1.29 is 43.2 Å². The molecule has 2 N–H and O–H groups in total. The number of nitrogens with one attached hydrogen (secondary N) is 1. The molecule has 0 heterocycles. The largest absolute Gasteiger partial charge is 0.509 e. The lowest BCUT2D eigenvalue weighted by Crippen LogP contribution is -2.43. The molecule has 0 saturated carbocycles. The zero-order valence-electron chi connectivity index (χ0n) is 24.5. The lowest BCUT2D eigenvalue weighted by Gasteiger charge is -2.22. The van der Waals surface area contributed by atoms with Crippen molar-refractivity contribution in [3.8, 4) is 11.5 Å². The minimum Gasteiger partial charge on any atom is -0.480 e. The number of rotatable bonds is 15. The summed E-state index contributed by atoms with van der Waals surface area (Å²) in [6, 6.07) is 3.61. The number of hydrogen-bond donors (Lipinski definition) is 2. The summed E-state index contributed by atoms with van der Waals surface area (Å²) in [6.45, 7) is 14.3. The first-order valence-corrected chi connectivity index (χ1v) is 13.6. The smallest absolute Gasteiger partial charge is 0.480 e. The Bertz CT molecular complexity index is 970. The molecule has 3 unspecified atom stereocenters. The van der Waals surface area contributed by atoms with Crippen LogP contribution in [0.25, 0.3) is 0 Å². The summed E-state index contributed by atoms with van der Waals surface area (Å²) in [5.74, 6) is -2.55. The van der Waals surface area contributed by atoms with Crippen LogP contribution in [0.15, 0.2) is 18.2 Å². The molecule has 1 aromatic rings. The van der Waals surface area contributed by atoms with Gasteiger partial charge in [0.25, 0.3) is 0 Å². The van der Waals surface area contributed by atoms with Crippen LogP contribution < -0.4 is 14.8 Å². The van der Waals surface area contributed by atoms with Crippen molar-refractivity contribution in [2.45, 2.75) is 105 Å². The number of aliphatic carboxylic acids is 1. The molecule has 220 valence electrons. The average Bonchev–Trinajstić information content (AvgIpc) is 2.81. The summed E-state index contributed by atoms with van der Waals surface area (Å²) in [7, 11) is 0. The van der Waals surface area contributed by atoms with Gasteiger partial charge in [-0.25, -0.2) is 4.79 Å². The van der Waals surface area contributed by atoms with Gasteiger partial charge >= 0.3 is 24.1 Å². The minimum atomic E-state index is -1.11. The second kappa shape index (κ2) is 16.1. The Labute approximate surface area is 231 Å². The molecule has 0 bridgehead atoms. The highest BCUT2D eigenvalue weighted by Gasteiger charge is 2.25. The maximum atomic E-state index is 12.6. The molecule has 0 aliphatic heterocycles. The minimum absolute atomic E-state index is 0.0318. The number of carbonyl (C=O) groups is 4. The van der Waals surface area contributed by atoms with Crippen molar-refractivity contribution in [1.82, 2.24) is 5.32 Å². The second-order valence-electron chi connectivity index (χ2n) is 10.9. The van der Waals surface area contributed by atoms with Crippen LogP contribution in [0.3, 0.4) is 0 Å². The third-order valence-electron chi connectivity index (χ3n) is 5.75. The van der Waals surface area contributed by atoms with Crippen LogP contribution in [-0.4, -0.2) is 53.5 Å². The highest BCUT2D eigenvalue weighted by Crippen LogP contribution is 2.31. The van der Waals surface area contributed by atoms with Gasteiger partial charge in [-0.15, -0.1) is 0 Å². The molecule has 0 fully saturated rings. The van der Waals surface area contributed by atoms with Crippen molar-refractivity contribution in [2.24, 2.45) is 11.8 Å². The molecule has 0 saturated heterocycles. The standard InChI is InChI=1S/C29H45NO9/c1-9-11-18(3)26(33)37-23-14-13-21(16-24(23)38-27(34)19(4)12-10-2)15-22(25(31)32)30-17-20(5)36-28(35)39-29(6,7)8/h13-14,16,18-20,22,30H,9-12,15,17H2,1-8H3,(H,31,32)/t18?,19?,20?,22-/m0/s1. The molecule has 4 atom stereocenters. The zero-order valence-corrected chi connectivity index (χ0v) is 24.5. The molecule has 10 heteroatoms. The van der Waals surface area contributed by atoms with Gasteiger partial charge in [0.2, 0.25) is 0 Å². The summed E-state index contributed by atoms with van der Waals surface area (Å²) >= 11 is 0. The predicted molar refractivity (Wildman–Crippen MR) is 146 cm³/mol. The Morgan fingerprint density at radius 3 is 1.92 bits per heavy atom. The van der Waals surface area contributed by atoms with E-state index in [0.29, 0.717) is 18.4 Å². The van der Waals surface area contributed by atoms with Crippen molar-refractivity contribution in [3.63, 3.8) is 0 Å². The van der Waals surface area contributed by atoms with Crippen LogP contribution in [0.1, 0.15) is 86.6 Å². The fourth-order valence-corrected chi connectivity index (χ4v) is 3.63. The van der Waals surface area contributed by atoms with Crippen LogP contribution in [0.4, 0.5) is 4.79 Å². The van der Waals surface area contributed by atoms with Crippen molar-refractivity contribution in [3.05, 3.63) is 23.8 Å². The van der Waals surface area contributed by atoms with Gasteiger partial charge in [0.05, 0.1) is 11.8 Å². The van der Waals surface area contributed by atoms with E-state index in [4.69, 9.17) is 18.9 Å². The van der Waals surface area contributed by atoms with E-state index in [1.54, 1.807) is 47.6 Å². The summed E-state index contributed by atoms with van der Waals surface area (Å²) in [6.07, 6.45) is 1.45. The summed E-state index contributed by atoms with van der Waals surface area (Å²) in [4.78, 5) is 49.0. The lowest BCUT2D eigenvalue weighted by atomic mass is 10.0. The molecule has 0 aliphatic rings. The van der Waals surface area contributed by atoms with Gasteiger partial charge in [0.1, 0.15) is 17.7 Å². The van der Waals surface area contributed by atoms with E-state index < -0.39 is 41.8 Å². The molecule has 0 amide bonds. The molecule has 0 aliphatic carbocycles. The molecule has 39 heavy (non-hydrogen) atoms. The molecular weight excluding hydrogens is 506 g/mol. The Balaban J connectivity index is 3.05. The van der Waals surface area contributed by atoms with E-state index in [1.165, 1.54) is 12.1 Å². The first-order valence-electron chi connectivity index (χ1n) is 13.6. The molecule has 0 aromatic heterocycles. The molecule has 0 spiro atoms. The van der Waals surface area contributed by atoms with Gasteiger partial charge in [-0.3, -0.25) is 14.4 Å². The van der Waals surface area contributed by atoms with Gasteiger partial charge in [-0.2, -0.15) is 0 Å². The van der Waals surface area contributed by atoms with E-state index in [1.807, 2.05) is 13.8 Å². The predicted octanol–water partition coefficient (Wildman–Crippen LogP) is 5.30. The number of carboxylic acid groups (broad SMARTS) is 1. The Kier molecular flexibility index (Phi) is 14.0. The van der Waals surface area contributed by atoms with Crippen molar-refractivity contribution >= 4 is 24.1 Å². The van der Waals surface area contributed by atoms with Crippen LogP contribution in [-0.2, 0) is 30.3 Å². The average molecular weight is 552 g/mol. The quantitative estimate of drug-likeness (QED) is 0.218. The Morgan fingerprint density at radius 2 is 1.44 bits per heavy atom. The highest BCUT2D eigenvalue weighted by atomic mass is 16.7. The normalized spacial score (nSPS) is 14.5. The maximum Gasteiger partial charge on any atom is 0.509 e. The van der Waals surface area contributed by atoms with Gasteiger partial charge in [0, 0.05) is 6.54 Å². The zero-order chi connectivity index (χ0) is 29.8. The van der Waals surface area contributed by atoms with Crippen LogP contribution in [0, 0.1) is 11.8 Å². The van der Waals surface area contributed by atoms with Gasteiger partial charge in [-0.1, -0.05) is 46.6 Å². The summed E-state index contributed by atoms with van der Waals surface area (Å²) in [5, 5.41) is 12.6. The van der Waals surface area contributed by atoms with Crippen LogP contribution >= 0.6 is 0 Å². The Hall–Kier alpha value is -3.14. The van der Waals surface area contributed by atoms with Crippen LogP contribution in [0.5, 0.6) is 11.5 Å². The van der Waals surface area contributed by atoms with Crippen molar-refractivity contribution in [2.75, 3.05) is 6.54 Å². The van der Waals surface area contributed by atoms with E-state index in [9.17, 15) is 24.3 Å². The molecule has 1 aromatic carbocycles. The topological polar surface area (TPSA) is 137 Å². The van der Waals surface area contributed by atoms with Crippen molar-refractivity contribution in [1.29, 1.82) is 0 Å². The molecule has 0 radical (unpaired) electrons. The lowest BCUT2D eigenvalue weighted by molar-refractivity contribution is -0.141. The first-order chi connectivity index (χ1) is 18.2. The first kappa shape index (κ1) is 33.9. The molecule has 1 rings (SSSR count). The van der Waals surface area contributed by atoms with E-state index in [-0.39, 0.29) is 36.3 Å². The van der Waals surface area contributed by atoms with Gasteiger partial charge in [0.15, 0.2) is 11.5 Å². The molecular formula is C29H45NO9. The number of carboxylic acids is 1.